The van der Waals surface area contributed by atoms with Crippen LogP contribution < -0.4 is 5.32 Å². The number of benzene rings is 1. The van der Waals surface area contributed by atoms with Gasteiger partial charge in [0.15, 0.2) is 0 Å². The first kappa shape index (κ1) is 24.2. The number of hydrogen-bond acceptors (Lipinski definition) is 5. The van der Waals surface area contributed by atoms with Crippen LogP contribution in [0.5, 0.6) is 0 Å². The number of nitrogens with one attached hydrogen (secondary N) is 1. The summed E-state index contributed by atoms with van der Waals surface area (Å²) in [4.78, 5) is 8.37. The second-order valence-corrected chi connectivity index (χ2v) is 9.76. The molecule has 1 atom stereocenters. The minimum Gasteiger partial charge on any atom is -0.340 e. The van der Waals surface area contributed by atoms with Gasteiger partial charge in [-0.2, -0.15) is 17.5 Å². The van der Waals surface area contributed by atoms with Crippen LogP contribution in [0.3, 0.4) is 0 Å². The number of hydrogen-bond donors (Lipinski definition) is 1. The average molecular weight is 485 g/mol. The molecule has 3 rings (SSSR count). The molecule has 172 valence electrons. The Bertz CT molecular complexity index is 1210. The summed E-state index contributed by atoms with van der Waals surface area (Å²) in [6.45, 7) is 3.93. The monoisotopic (exact) mass is 485 g/mol. The number of anilines is 2. The van der Waals surface area contributed by atoms with Crippen LogP contribution in [0.25, 0.3) is 11.3 Å². The molecule has 0 saturated heterocycles. The highest BCUT2D eigenvalue weighted by atomic mass is 32.2. The van der Waals surface area contributed by atoms with Gasteiger partial charge in [-0.05, 0) is 44.2 Å². The molecule has 0 saturated carbocycles. The zero-order chi connectivity index (χ0) is 23.7. The second-order valence-electron chi connectivity index (χ2n) is 7.35. The Morgan fingerprint density at radius 1 is 1.19 bits per heavy atom. The maximum Gasteiger partial charge on any atom is 0.416 e. The quantitative estimate of drug-likeness (QED) is 0.489. The molecule has 1 N–H and O–H groups in total. The van der Waals surface area contributed by atoms with E-state index >= 15 is 0 Å². The lowest BCUT2D eigenvalue weighted by atomic mass is 10.1. The van der Waals surface area contributed by atoms with E-state index in [-0.39, 0.29) is 23.0 Å². The van der Waals surface area contributed by atoms with Crippen LogP contribution in [0.4, 0.5) is 24.7 Å². The minimum absolute atomic E-state index is 0.0259. The first-order chi connectivity index (χ1) is 14.9. The molecule has 12 heteroatoms. The fourth-order valence-electron chi connectivity index (χ4n) is 2.85. The normalized spacial score (nSPS) is 12.5. The Labute approximate surface area is 186 Å². The van der Waals surface area contributed by atoms with Crippen molar-refractivity contribution in [3.05, 3.63) is 54.6 Å². The van der Waals surface area contributed by atoms with Gasteiger partial charge in [-0.1, -0.05) is 0 Å². The number of imidazole rings is 1. The van der Waals surface area contributed by atoms with Crippen molar-refractivity contribution in [1.29, 1.82) is 0 Å². The van der Waals surface area contributed by atoms with Gasteiger partial charge >= 0.3 is 6.18 Å². The first-order valence-corrected chi connectivity index (χ1v) is 11.8. The molecule has 0 aliphatic heterocycles. The van der Waals surface area contributed by atoms with E-state index in [1.54, 1.807) is 12.5 Å². The SMILES string of the molecule is CC(C)n1cnc(-c2cc(S(=O)(=O)N(C)CP)ccc2Nc2cc(C(F)(F)F)ccn2)c1. The minimum atomic E-state index is -4.51. The van der Waals surface area contributed by atoms with Gasteiger partial charge in [0.2, 0.25) is 10.0 Å². The molecule has 0 amide bonds. The number of aromatic nitrogens is 3. The Kier molecular flexibility index (Phi) is 6.92. The summed E-state index contributed by atoms with van der Waals surface area (Å²) in [5.74, 6) is -0.0259. The Morgan fingerprint density at radius 3 is 2.50 bits per heavy atom. The topological polar surface area (TPSA) is 80.1 Å². The van der Waals surface area contributed by atoms with E-state index in [9.17, 15) is 21.6 Å². The fourth-order valence-corrected chi connectivity index (χ4v) is 4.51. The second kappa shape index (κ2) is 9.17. The number of alkyl halides is 3. The van der Waals surface area contributed by atoms with Gasteiger partial charge in [0, 0.05) is 43.0 Å². The molecule has 2 aromatic heterocycles. The third-order valence-electron chi connectivity index (χ3n) is 4.78. The summed E-state index contributed by atoms with van der Waals surface area (Å²) < 4.78 is 67.9. The summed E-state index contributed by atoms with van der Waals surface area (Å²) in [5, 5.41) is 2.87. The van der Waals surface area contributed by atoms with Gasteiger partial charge in [-0.25, -0.2) is 18.4 Å². The summed E-state index contributed by atoms with van der Waals surface area (Å²) in [7, 11) is 0.0406. The molecule has 0 spiro atoms. The standard InChI is InChI=1S/C20H23F3N5O2PS/c1-13(2)28-10-18(25-11-28)16-9-15(32(29,30)27(3)12-31)4-5-17(16)26-19-8-14(6-7-24-19)20(21,22)23/h4-11,13H,12,31H2,1-3H3,(H,24,26). The number of nitrogens with zero attached hydrogens (tertiary/aromatic N) is 4. The molecular formula is C20H23F3N5O2PS. The number of halogens is 3. The lowest BCUT2D eigenvalue weighted by molar-refractivity contribution is -0.137. The van der Waals surface area contributed by atoms with Crippen molar-refractivity contribution in [2.24, 2.45) is 0 Å². The number of sulfonamides is 1. The van der Waals surface area contributed by atoms with Crippen LogP contribution in [-0.2, 0) is 16.2 Å². The third-order valence-corrected chi connectivity index (χ3v) is 7.41. The Morgan fingerprint density at radius 2 is 1.91 bits per heavy atom. The van der Waals surface area contributed by atoms with E-state index in [1.807, 2.05) is 18.4 Å². The maximum absolute atomic E-state index is 13.1. The van der Waals surface area contributed by atoms with Crippen molar-refractivity contribution < 1.29 is 21.6 Å². The van der Waals surface area contributed by atoms with Gasteiger partial charge in [0.1, 0.15) is 5.82 Å². The van der Waals surface area contributed by atoms with E-state index in [2.05, 4.69) is 24.5 Å². The molecule has 0 fully saturated rings. The maximum atomic E-state index is 13.1. The Hall–Kier alpha value is -2.49. The molecule has 2 heterocycles. The molecule has 1 aromatic carbocycles. The molecule has 0 aliphatic carbocycles. The van der Waals surface area contributed by atoms with Crippen molar-refractivity contribution in [2.75, 3.05) is 18.7 Å². The smallest absolute Gasteiger partial charge is 0.340 e. The fraction of sp³-hybridized carbons (Fsp3) is 0.300. The molecule has 0 aliphatic rings. The zero-order valence-corrected chi connectivity index (χ0v) is 19.6. The van der Waals surface area contributed by atoms with E-state index in [0.29, 0.717) is 16.9 Å². The van der Waals surface area contributed by atoms with E-state index in [4.69, 9.17) is 0 Å². The summed E-state index contributed by atoms with van der Waals surface area (Å²) in [5.41, 5.74) is 0.417. The predicted octanol–water partition coefficient (Wildman–Crippen LogP) is 4.74. The molecule has 32 heavy (non-hydrogen) atoms. The van der Waals surface area contributed by atoms with Crippen molar-refractivity contribution in [3.63, 3.8) is 0 Å². The first-order valence-electron chi connectivity index (χ1n) is 9.58. The number of pyridine rings is 1. The van der Waals surface area contributed by atoms with Crippen LogP contribution in [0.1, 0.15) is 25.5 Å². The lowest BCUT2D eigenvalue weighted by Crippen LogP contribution is -2.25. The average Bonchev–Trinajstić information content (AvgIpc) is 3.23. The van der Waals surface area contributed by atoms with Crippen molar-refractivity contribution in [2.45, 2.75) is 31.0 Å². The predicted molar refractivity (Wildman–Crippen MR) is 120 cm³/mol. The van der Waals surface area contributed by atoms with Gasteiger partial charge in [0.25, 0.3) is 0 Å². The molecule has 0 bridgehead atoms. The van der Waals surface area contributed by atoms with Gasteiger partial charge < -0.3 is 9.88 Å². The number of rotatable bonds is 7. The van der Waals surface area contributed by atoms with Gasteiger partial charge in [0.05, 0.1) is 22.5 Å². The van der Waals surface area contributed by atoms with Crippen molar-refractivity contribution in [3.8, 4) is 11.3 Å². The van der Waals surface area contributed by atoms with Gasteiger partial charge in [-0.15, -0.1) is 9.24 Å². The zero-order valence-electron chi connectivity index (χ0n) is 17.6. The van der Waals surface area contributed by atoms with Crippen LogP contribution in [0.15, 0.2) is 53.9 Å². The lowest BCUT2D eigenvalue weighted by Gasteiger charge is -2.17. The highest BCUT2D eigenvalue weighted by molar-refractivity contribution is 7.89. The molecule has 0 radical (unpaired) electrons. The largest absolute Gasteiger partial charge is 0.416 e. The highest BCUT2D eigenvalue weighted by Gasteiger charge is 2.31. The summed E-state index contributed by atoms with van der Waals surface area (Å²) in [6, 6.07) is 6.23. The van der Waals surface area contributed by atoms with Crippen LogP contribution in [0, 0.1) is 0 Å². The van der Waals surface area contributed by atoms with Crippen molar-refractivity contribution >= 4 is 30.8 Å². The summed E-state index contributed by atoms with van der Waals surface area (Å²) >= 11 is 0. The van der Waals surface area contributed by atoms with Crippen LogP contribution in [-0.4, -0.2) is 40.6 Å². The van der Waals surface area contributed by atoms with Crippen LogP contribution in [0.2, 0.25) is 0 Å². The van der Waals surface area contributed by atoms with Crippen LogP contribution >= 0.6 is 9.24 Å². The van der Waals surface area contributed by atoms with E-state index < -0.39 is 21.8 Å². The molecule has 7 nitrogen and oxygen atoms in total. The molecular weight excluding hydrogens is 462 g/mol. The molecule has 1 unspecified atom stereocenters. The highest BCUT2D eigenvalue weighted by Crippen LogP contribution is 2.34. The molecule has 3 aromatic rings. The van der Waals surface area contributed by atoms with Crippen molar-refractivity contribution in [1.82, 2.24) is 18.8 Å². The van der Waals surface area contributed by atoms with E-state index in [1.165, 1.54) is 29.6 Å². The van der Waals surface area contributed by atoms with E-state index in [0.717, 1.165) is 18.3 Å². The summed E-state index contributed by atoms with van der Waals surface area (Å²) in [6.07, 6.45) is 0.112. The van der Waals surface area contributed by atoms with Gasteiger partial charge in [-0.3, -0.25) is 0 Å². The third kappa shape index (κ3) is 5.11. The Balaban J connectivity index is 2.11.